The molecule has 3 nitrogen and oxygen atoms in total. The minimum Gasteiger partial charge on any atom is -0.385 e. The normalized spacial score (nSPS) is 17.2. The molecule has 0 saturated heterocycles. The van der Waals surface area contributed by atoms with Crippen molar-refractivity contribution in [3.8, 4) is 0 Å². The van der Waals surface area contributed by atoms with Crippen molar-refractivity contribution in [2.45, 2.75) is 30.6 Å². The second-order valence-electron chi connectivity index (χ2n) is 4.00. The van der Waals surface area contributed by atoms with Crippen LogP contribution >= 0.6 is 23.2 Å². The smallest absolute Gasteiger partial charge is 0.175 e. The van der Waals surface area contributed by atoms with E-state index in [0.717, 1.165) is 0 Å². The molecule has 0 amide bonds. The van der Waals surface area contributed by atoms with Crippen molar-refractivity contribution in [2.75, 3.05) is 5.75 Å². The van der Waals surface area contributed by atoms with E-state index in [2.05, 4.69) is 0 Å². The predicted molar refractivity (Wildman–Crippen MR) is 74.7 cm³/mol. The third-order valence-electron chi connectivity index (χ3n) is 2.95. The van der Waals surface area contributed by atoms with Gasteiger partial charge in [-0.05, 0) is 24.1 Å². The first-order valence-electron chi connectivity index (χ1n) is 5.63. The fraction of sp³-hybridized carbons (Fsp3) is 0.500. The van der Waals surface area contributed by atoms with Crippen LogP contribution in [0, 0.1) is 0 Å². The molecular formula is C12H16Cl2O3S. The monoisotopic (exact) mass is 310 g/mol. The van der Waals surface area contributed by atoms with Gasteiger partial charge < -0.3 is 5.11 Å². The quantitative estimate of drug-likeness (QED) is 0.850. The van der Waals surface area contributed by atoms with E-state index in [0.29, 0.717) is 10.6 Å². The summed E-state index contributed by atoms with van der Waals surface area (Å²) in [7, 11) is -3.60. The largest absolute Gasteiger partial charge is 0.385 e. The van der Waals surface area contributed by atoms with E-state index in [4.69, 9.17) is 23.2 Å². The molecule has 2 unspecified atom stereocenters. The van der Waals surface area contributed by atoms with Crippen molar-refractivity contribution in [2.24, 2.45) is 0 Å². The van der Waals surface area contributed by atoms with E-state index in [1.54, 1.807) is 25.1 Å². The first kappa shape index (κ1) is 15.8. The number of aliphatic hydroxyl groups excluding tert-OH is 1. The number of benzene rings is 1. The lowest BCUT2D eigenvalue weighted by Gasteiger charge is -2.30. The number of rotatable bonds is 5. The Morgan fingerprint density at radius 2 is 2.00 bits per heavy atom. The minimum absolute atomic E-state index is 0.110. The Labute approximate surface area is 118 Å². The number of alkyl halides is 1. The van der Waals surface area contributed by atoms with Crippen molar-refractivity contribution in [3.05, 3.63) is 34.9 Å². The maximum atomic E-state index is 12.0. The van der Waals surface area contributed by atoms with Crippen LogP contribution in [-0.4, -0.2) is 23.5 Å². The summed E-state index contributed by atoms with van der Waals surface area (Å²) in [6, 6.07) is 6.42. The second-order valence-corrected chi connectivity index (χ2v) is 7.87. The predicted octanol–water partition coefficient (Wildman–Crippen LogP) is 3.15. The van der Waals surface area contributed by atoms with Gasteiger partial charge in [0.05, 0.1) is 0 Å². The highest BCUT2D eigenvalue weighted by Gasteiger charge is 2.46. The van der Waals surface area contributed by atoms with Crippen LogP contribution in [0.1, 0.15) is 31.9 Å². The first-order valence-corrected chi connectivity index (χ1v) is 8.04. The lowest BCUT2D eigenvalue weighted by atomic mass is 10.0. The number of aliphatic hydroxyl groups is 1. The molecule has 6 heteroatoms. The molecule has 0 aliphatic heterocycles. The zero-order valence-corrected chi connectivity index (χ0v) is 12.6. The Bertz CT molecular complexity index is 516. The van der Waals surface area contributed by atoms with Gasteiger partial charge in [-0.3, -0.25) is 0 Å². The Kier molecular flexibility index (Phi) is 5.06. The Morgan fingerprint density at radius 1 is 1.39 bits per heavy atom. The highest BCUT2D eigenvalue weighted by atomic mass is 35.5. The van der Waals surface area contributed by atoms with Gasteiger partial charge in [0.2, 0.25) is 0 Å². The molecule has 102 valence electrons. The van der Waals surface area contributed by atoms with Gasteiger partial charge in [-0.15, -0.1) is 0 Å². The van der Waals surface area contributed by atoms with E-state index in [9.17, 15) is 13.5 Å². The fourth-order valence-electron chi connectivity index (χ4n) is 1.75. The molecule has 0 aliphatic rings. The third-order valence-corrected chi connectivity index (χ3v) is 6.67. The van der Waals surface area contributed by atoms with E-state index >= 15 is 0 Å². The molecule has 0 fully saturated rings. The van der Waals surface area contributed by atoms with E-state index < -0.39 is 20.1 Å². The van der Waals surface area contributed by atoms with E-state index in [1.165, 1.54) is 13.0 Å². The van der Waals surface area contributed by atoms with E-state index in [1.807, 2.05) is 0 Å². The molecule has 0 radical (unpaired) electrons. The van der Waals surface area contributed by atoms with Crippen LogP contribution in [0.4, 0.5) is 0 Å². The summed E-state index contributed by atoms with van der Waals surface area (Å²) in [6.07, 6.45) is -1.20. The molecule has 18 heavy (non-hydrogen) atoms. The van der Waals surface area contributed by atoms with Crippen molar-refractivity contribution < 1.29 is 13.5 Å². The Hall–Kier alpha value is -0.290. The fourth-order valence-corrected chi connectivity index (χ4v) is 3.80. The number of sulfone groups is 1. The number of halogens is 2. The summed E-state index contributed by atoms with van der Waals surface area (Å²) in [5.74, 6) is -0.123. The SMILES string of the molecule is CCC(Cl)(C(O)c1cccc(Cl)c1)S(=O)(=O)CC. The molecule has 1 aromatic rings. The molecular weight excluding hydrogens is 295 g/mol. The molecule has 0 aromatic heterocycles. The first-order chi connectivity index (χ1) is 8.28. The minimum atomic E-state index is -3.60. The van der Waals surface area contributed by atoms with Gasteiger partial charge in [-0.1, -0.05) is 49.2 Å². The lowest BCUT2D eigenvalue weighted by molar-refractivity contribution is 0.154. The molecule has 0 saturated carbocycles. The van der Waals surface area contributed by atoms with Crippen LogP contribution in [-0.2, 0) is 9.84 Å². The van der Waals surface area contributed by atoms with Gasteiger partial charge in [0.25, 0.3) is 0 Å². The molecule has 0 bridgehead atoms. The zero-order valence-electron chi connectivity index (χ0n) is 10.2. The van der Waals surface area contributed by atoms with Crippen LogP contribution in [0.2, 0.25) is 5.02 Å². The van der Waals surface area contributed by atoms with Crippen LogP contribution in [0.3, 0.4) is 0 Å². The van der Waals surface area contributed by atoms with Gasteiger partial charge in [0.1, 0.15) is 6.10 Å². The van der Waals surface area contributed by atoms with Crippen LogP contribution in [0.25, 0.3) is 0 Å². The summed E-state index contributed by atoms with van der Waals surface area (Å²) in [4.78, 5) is 0. The Balaban J connectivity index is 3.26. The molecule has 2 atom stereocenters. The molecule has 1 N–H and O–H groups in total. The molecule has 0 spiro atoms. The summed E-state index contributed by atoms with van der Waals surface area (Å²) in [6.45, 7) is 3.14. The topological polar surface area (TPSA) is 54.4 Å². The average Bonchev–Trinajstić information content (AvgIpc) is 2.36. The van der Waals surface area contributed by atoms with Gasteiger partial charge >= 0.3 is 0 Å². The maximum Gasteiger partial charge on any atom is 0.175 e. The Morgan fingerprint density at radius 3 is 2.44 bits per heavy atom. The summed E-state index contributed by atoms with van der Waals surface area (Å²) in [5, 5.41) is 10.7. The molecule has 0 heterocycles. The van der Waals surface area contributed by atoms with Crippen molar-refractivity contribution in [1.82, 2.24) is 0 Å². The number of hydrogen-bond acceptors (Lipinski definition) is 3. The van der Waals surface area contributed by atoms with Crippen molar-refractivity contribution >= 4 is 33.0 Å². The molecule has 1 rings (SSSR count). The van der Waals surface area contributed by atoms with Crippen LogP contribution < -0.4 is 0 Å². The van der Waals surface area contributed by atoms with Gasteiger partial charge in [0.15, 0.2) is 14.0 Å². The summed E-state index contributed by atoms with van der Waals surface area (Å²) >= 11 is 12.0. The van der Waals surface area contributed by atoms with Gasteiger partial charge in [-0.25, -0.2) is 8.42 Å². The standard InChI is InChI=1S/C12H16Cl2O3S/c1-3-12(14,18(16,17)4-2)11(15)9-6-5-7-10(13)8-9/h5-8,11,15H,3-4H2,1-2H3. The maximum absolute atomic E-state index is 12.0. The van der Waals surface area contributed by atoms with Gasteiger partial charge in [0, 0.05) is 10.8 Å². The average molecular weight is 311 g/mol. The molecule has 1 aromatic carbocycles. The number of hydrogen-bond donors (Lipinski definition) is 1. The van der Waals surface area contributed by atoms with Gasteiger partial charge in [-0.2, -0.15) is 0 Å². The molecule has 0 aliphatic carbocycles. The zero-order chi connectivity index (χ0) is 14.0. The van der Waals surface area contributed by atoms with E-state index in [-0.39, 0.29) is 12.2 Å². The second kappa shape index (κ2) is 5.78. The highest BCUT2D eigenvalue weighted by molar-refractivity contribution is 7.94. The summed E-state index contributed by atoms with van der Waals surface area (Å²) in [5.41, 5.74) is 0.399. The summed E-state index contributed by atoms with van der Waals surface area (Å²) < 4.78 is 22.3. The van der Waals surface area contributed by atoms with Crippen molar-refractivity contribution in [3.63, 3.8) is 0 Å². The lowest BCUT2D eigenvalue weighted by Crippen LogP contribution is -2.39. The van der Waals surface area contributed by atoms with Crippen molar-refractivity contribution in [1.29, 1.82) is 0 Å². The van der Waals surface area contributed by atoms with Crippen LogP contribution in [0.5, 0.6) is 0 Å². The highest BCUT2D eigenvalue weighted by Crippen LogP contribution is 2.40. The third kappa shape index (κ3) is 2.82. The van der Waals surface area contributed by atoms with Crippen LogP contribution in [0.15, 0.2) is 24.3 Å².